The summed E-state index contributed by atoms with van der Waals surface area (Å²) >= 11 is 0. The molecule has 106 valence electrons. The topological polar surface area (TPSA) is 50.3 Å². The number of carbonyl (C=O) groups is 2. The summed E-state index contributed by atoms with van der Waals surface area (Å²) in [5, 5.41) is 0. The molecule has 0 unspecified atom stereocenters. The summed E-state index contributed by atoms with van der Waals surface area (Å²) in [5.41, 5.74) is 0.826. The van der Waals surface area contributed by atoms with E-state index in [1.807, 2.05) is 19.1 Å². The van der Waals surface area contributed by atoms with Crippen molar-refractivity contribution in [3.63, 3.8) is 0 Å². The van der Waals surface area contributed by atoms with Gasteiger partial charge in [-0.2, -0.15) is 0 Å². The molecule has 0 radical (unpaired) electrons. The van der Waals surface area contributed by atoms with E-state index in [4.69, 9.17) is 0 Å². The first-order chi connectivity index (χ1) is 10.2. The van der Waals surface area contributed by atoms with Crippen LogP contribution in [0, 0.1) is 42.4 Å². The maximum Gasteiger partial charge on any atom is 0.239 e. The minimum absolute atomic E-state index is 0.0344. The van der Waals surface area contributed by atoms with Crippen molar-refractivity contribution in [2.45, 2.75) is 13.3 Å². The summed E-state index contributed by atoms with van der Waals surface area (Å²) in [6.45, 7) is 1.88. The molecular formula is C17H16N2O2. The summed E-state index contributed by atoms with van der Waals surface area (Å²) in [5.74, 6) is 1.98. The highest BCUT2D eigenvalue weighted by Gasteiger charge is 2.67. The third-order valence-corrected chi connectivity index (χ3v) is 5.77. The highest BCUT2D eigenvalue weighted by atomic mass is 16.2. The SMILES string of the molecule is Cc1cccc(N2C(=O)[C@@H]3[C@H]4C=C[C@H]([C@H]5C[C@H]45)[C@@H]3C2=O)n1. The maximum atomic E-state index is 12.8. The van der Waals surface area contributed by atoms with Crippen LogP contribution in [-0.2, 0) is 9.59 Å². The molecule has 4 nitrogen and oxygen atoms in total. The van der Waals surface area contributed by atoms with Crippen LogP contribution in [0.5, 0.6) is 0 Å². The molecule has 2 bridgehead atoms. The number of anilines is 1. The molecule has 1 aromatic heterocycles. The van der Waals surface area contributed by atoms with Crippen molar-refractivity contribution >= 4 is 17.6 Å². The number of hydrogen-bond acceptors (Lipinski definition) is 3. The Morgan fingerprint density at radius 1 is 1.05 bits per heavy atom. The zero-order chi connectivity index (χ0) is 14.3. The largest absolute Gasteiger partial charge is 0.274 e. The van der Waals surface area contributed by atoms with E-state index in [0.29, 0.717) is 17.7 Å². The third kappa shape index (κ3) is 1.33. The van der Waals surface area contributed by atoms with Gasteiger partial charge in [0.2, 0.25) is 11.8 Å². The highest BCUT2D eigenvalue weighted by molar-refractivity contribution is 6.22. The van der Waals surface area contributed by atoms with E-state index in [9.17, 15) is 9.59 Å². The Balaban J connectivity index is 1.60. The van der Waals surface area contributed by atoms with E-state index in [1.54, 1.807) is 6.07 Å². The molecule has 0 spiro atoms. The van der Waals surface area contributed by atoms with Crippen LogP contribution in [0.1, 0.15) is 12.1 Å². The molecule has 1 aliphatic heterocycles. The average Bonchev–Trinajstić information content (AvgIpc) is 3.24. The van der Waals surface area contributed by atoms with Gasteiger partial charge in [-0.1, -0.05) is 18.2 Å². The van der Waals surface area contributed by atoms with Crippen LogP contribution in [0.2, 0.25) is 0 Å². The number of pyridine rings is 1. The molecule has 2 heterocycles. The molecule has 6 rings (SSSR count). The van der Waals surface area contributed by atoms with E-state index in [-0.39, 0.29) is 35.5 Å². The van der Waals surface area contributed by atoms with Crippen molar-refractivity contribution in [2.75, 3.05) is 4.90 Å². The lowest BCUT2D eigenvalue weighted by Crippen LogP contribution is -2.40. The van der Waals surface area contributed by atoms with E-state index in [0.717, 1.165) is 5.69 Å². The van der Waals surface area contributed by atoms with Gasteiger partial charge in [0.05, 0.1) is 11.8 Å². The van der Waals surface area contributed by atoms with Crippen molar-refractivity contribution in [1.29, 1.82) is 0 Å². The van der Waals surface area contributed by atoms with Gasteiger partial charge in [0.25, 0.3) is 0 Å². The number of allylic oxidation sites excluding steroid dienone is 2. The molecular weight excluding hydrogens is 264 g/mol. The fourth-order valence-corrected chi connectivity index (χ4v) is 4.84. The van der Waals surface area contributed by atoms with Gasteiger partial charge in [-0.15, -0.1) is 0 Å². The summed E-state index contributed by atoms with van der Waals surface area (Å²) in [7, 11) is 0. The predicted octanol–water partition coefficient (Wildman–Crippen LogP) is 1.95. The summed E-state index contributed by atoms with van der Waals surface area (Å²) in [4.78, 5) is 31.4. The first-order valence-corrected chi connectivity index (χ1v) is 7.66. The second kappa shape index (κ2) is 3.62. The van der Waals surface area contributed by atoms with Crippen LogP contribution in [0.25, 0.3) is 0 Å². The molecule has 2 saturated carbocycles. The van der Waals surface area contributed by atoms with E-state index >= 15 is 0 Å². The fourth-order valence-electron chi connectivity index (χ4n) is 4.84. The van der Waals surface area contributed by atoms with Crippen LogP contribution >= 0.6 is 0 Å². The van der Waals surface area contributed by atoms with Gasteiger partial charge in [-0.25, -0.2) is 9.88 Å². The zero-order valence-electron chi connectivity index (χ0n) is 11.8. The number of carbonyl (C=O) groups excluding carboxylic acids is 2. The molecule has 1 aromatic rings. The first-order valence-electron chi connectivity index (χ1n) is 7.66. The minimum Gasteiger partial charge on any atom is -0.274 e. The average molecular weight is 280 g/mol. The second-order valence-corrected chi connectivity index (χ2v) is 6.80. The lowest BCUT2D eigenvalue weighted by Gasteiger charge is -2.37. The molecule has 0 N–H and O–H groups in total. The maximum absolute atomic E-state index is 12.8. The van der Waals surface area contributed by atoms with Crippen molar-refractivity contribution in [2.24, 2.45) is 35.5 Å². The molecule has 4 aliphatic carbocycles. The Morgan fingerprint density at radius 2 is 1.67 bits per heavy atom. The van der Waals surface area contributed by atoms with Crippen LogP contribution in [0.4, 0.5) is 5.82 Å². The zero-order valence-corrected chi connectivity index (χ0v) is 11.8. The molecule has 6 atom stereocenters. The smallest absolute Gasteiger partial charge is 0.239 e. The monoisotopic (exact) mass is 280 g/mol. The lowest BCUT2D eigenvalue weighted by molar-refractivity contribution is -0.124. The number of aryl methyl sites for hydroxylation is 1. The minimum atomic E-state index is -0.140. The molecule has 1 saturated heterocycles. The summed E-state index contributed by atoms with van der Waals surface area (Å²) < 4.78 is 0. The normalized spacial score (nSPS) is 42.2. The van der Waals surface area contributed by atoms with Crippen LogP contribution in [0.3, 0.4) is 0 Å². The van der Waals surface area contributed by atoms with Gasteiger partial charge in [-0.3, -0.25) is 9.59 Å². The second-order valence-electron chi connectivity index (χ2n) is 6.80. The fraction of sp³-hybridized carbons (Fsp3) is 0.471. The number of amides is 2. The van der Waals surface area contributed by atoms with Crippen molar-refractivity contribution in [3.05, 3.63) is 36.0 Å². The number of aromatic nitrogens is 1. The Hall–Kier alpha value is -1.97. The highest BCUT2D eigenvalue weighted by Crippen LogP contribution is 2.65. The Kier molecular flexibility index (Phi) is 2.01. The van der Waals surface area contributed by atoms with Gasteiger partial charge in [0.1, 0.15) is 5.82 Å². The molecule has 21 heavy (non-hydrogen) atoms. The number of imide groups is 1. The number of rotatable bonds is 1. The first kappa shape index (κ1) is 11.7. The van der Waals surface area contributed by atoms with Crippen molar-refractivity contribution < 1.29 is 9.59 Å². The van der Waals surface area contributed by atoms with Crippen LogP contribution < -0.4 is 4.90 Å². The number of nitrogens with zero attached hydrogens (tertiary/aromatic N) is 2. The molecule has 2 amide bonds. The van der Waals surface area contributed by atoms with Crippen LogP contribution in [-0.4, -0.2) is 16.8 Å². The molecule has 3 fully saturated rings. The summed E-state index contributed by atoms with van der Waals surface area (Å²) in [6, 6.07) is 5.49. The standard InChI is InChI=1S/C17H16N2O2/c1-8-3-2-4-13(18-8)19-16(20)14-9-5-6-10(12-7-11(9)12)15(14)17(19)21/h2-6,9-12,14-15H,7H2,1H3/t9-,10+,11-,12-,14+,15-/m1/s1. The number of hydrogen-bond donors (Lipinski definition) is 0. The Labute approximate surface area is 122 Å². The van der Waals surface area contributed by atoms with Gasteiger partial charge in [0.15, 0.2) is 0 Å². The lowest BCUT2D eigenvalue weighted by atomic mass is 9.63. The van der Waals surface area contributed by atoms with Gasteiger partial charge >= 0.3 is 0 Å². The van der Waals surface area contributed by atoms with E-state index < -0.39 is 0 Å². The Morgan fingerprint density at radius 3 is 2.24 bits per heavy atom. The molecule has 5 aliphatic rings. The Bertz CT molecular complexity index is 674. The van der Waals surface area contributed by atoms with Crippen molar-refractivity contribution in [3.8, 4) is 0 Å². The summed E-state index contributed by atoms with van der Waals surface area (Å²) in [6.07, 6.45) is 5.58. The molecule has 0 aromatic carbocycles. The van der Waals surface area contributed by atoms with E-state index in [2.05, 4.69) is 17.1 Å². The van der Waals surface area contributed by atoms with Gasteiger partial charge < -0.3 is 0 Å². The predicted molar refractivity (Wildman–Crippen MR) is 76.2 cm³/mol. The third-order valence-electron chi connectivity index (χ3n) is 5.77. The quantitative estimate of drug-likeness (QED) is 0.583. The van der Waals surface area contributed by atoms with Gasteiger partial charge in [-0.05, 0) is 49.1 Å². The van der Waals surface area contributed by atoms with Crippen molar-refractivity contribution in [1.82, 2.24) is 4.98 Å². The van der Waals surface area contributed by atoms with Crippen LogP contribution in [0.15, 0.2) is 30.4 Å². The molecule has 4 heteroatoms. The van der Waals surface area contributed by atoms with E-state index in [1.165, 1.54) is 11.3 Å². The van der Waals surface area contributed by atoms with Gasteiger partial charge in [0, 0.05) is 5.69 Å².